The molecule has 152 valence electrons. The number of methoxy groups -OCH3 is 2. The molecular weight excluding hydrogens is 602 g/mol. The lowest BCUT2D eigenvalue weighted by Gasteiger charge is -2.06. The van der Waals surface area contributed by atoms with Gasteiger partial charge in [-0.15, -0.1) is 0 Å². The fourth-order valence-electron chi connectivity index (χ4n) is 2.29. The predicted molar refractivity (Wildman–Crippen MR) is 129 cm³/mol. The molecule has 0 aliphatic heterocycles. The van der Waals surface area contributed by atoms with Crippen LogP contribution in [0.15, 0.2) is 48.3 Å². The van der Waals surface area contributed by atoms with Crippen molar-refractivity contribution < 1.29 is 29.6 Å². The number of hydrogen-bond acceptors (Lipinski definition) is 6. The zero-order valence-corrected chi connectivity index (χ0v) is 19.8. The second-order valence-electron chi connectivity index (χ2n) is 5.75. The van der Waals surface area contributed by atoms with Crippen molar-refractivity contribution in [3.05, 3.63) is 66.5 Å². The molecule has 0 saturated heterocycles. The number of rotatable bonds is 7. The van der Waals surface area contributed by atoms with E-state index in [1.807, 2.05) is 45.2 Å². The first-order valence-electron chi connectivity index (χ1n) is 8.19. The molecule has 0 radical (unpaired) electrons. The quantitative estimate of drug-likeness (QED) is 0.174. The maximum Gasteiger partial charge on any atom is 0.182 e. The Morgan fingerprint density at radius 2 is 1.31 bits per heavy atom. The van der Waals surface area contributed by atoms with Crippen molar-refractivity contribution in [2.75, 3.05) is 14.2 Å². The van der Waals surface area contributed by atoms with Gasteiger partial charge in [-0.3, -0.25) is 4.79 Å². The number of aliphatic hydroxyl groups excluding tert-OH is 1. The van der Waals surface area contributed by atoms with Gasteiger partial charge in [-0.25, -0.2) is 0 Å². The van der Waals surface area contributed by atoms with Crippen molar-refractivity contribution in [1.29, 1.82) is 0 Å². The van der Waals surface area contributed by atoms with E-state index in [1.54, 1.807) is 36.4 Å². The number of hydrogen-bond donors (Lipinski definition) is 3. The number of carbonyl (C=O) groups excluding carboxylic acids is 1. The summed E-state index contributed by atoms with van der Waals surface area (Å²) >= 11 is 3.94. The molecule has 0 spiro atoms. The van der Waals surface area contributed by atoms with E-state index in [9.17, 15) is 20.1 Å². The summed E-state index contributed by atoms with van der Waals surface area (Å²) in [5.74, 6) is 0.0829. The molecule has 2 aromatic rings. The van der Waals surface area contributed by atoms with Gasteiger partial charge in [0.05, 0.1) is 21.4 Å². The minimum absolute atomic E-state index is 0.0415. The molecule has 6 nitrogen and oxygen atoms in total. The summed E-state index contributed by atoms with van der Waals surface area (Å²) in [7, 11) is 2.90. The Labute approximate surface area is 195 Å². The van der Waals surface area contributed by atoms with Gasteiger partial charge >= 0.3 is 0 Å². The molecule has 2 rings (SSSR count). The molecule has 0 bridgehead atoms. The Balaban J connectivity index is 2.13. The van der Waals surface area contributed by atoms with Crippen molar-refractivity contribution in [3.8, 4) is 23.0 Å². The summed E-state index contributed by atoms with van der Waals surface area (Å²) in [6, 6.07) is 6.63. The van der Waals surface area contributed by atoms with E-state index in [1.165, 1.54) is 26.4 Å². The normalized spacial score (nSPS) is 11.9. The summed E-state index contributed by atoms with van der Waals surface area (Å²) in [5, 5.41) is 29.7. The van der Waals surface area contributed by atoms with Gasteiger partial charge in [0.25, 0.3) is 0 Å². The van der Waals surface area contributed by atoms with Crippen LogP contribution in [0.4, 0.5) is 0 Å². The number of phenols is 2. The van der Waals surface area contributed by atoms with Crippen molar-refractivity contribution in [3.63, 3.8) is 0 Å². The van der Waals surface area contributed by atoms with Gasteiger partial charge in [0.2, 0.25) is 0 Å². The van der Waals surface area contributed by atoms with E-state index in [-0.39, 0.29) is 17.3 Å². The van der Waals surface area contributed by atoms with Crippen LogP contribution >= 0.6 is 45.2 Å². The van der Waals surface area contributed by atoms with Crippen molar-refractivity contribution in [1.82, 2.24) is 0 Å². The van der Waals surface area contributed by atoms with Crippen molar-refractivity contribution in [2.45, 2.75) is 0 Å². The smallest absolute Gasteiger partial charge is 0.182 e. The molecule has 8 heteroatoms. The molecule has 0 aromatic heterocycles. The summed E-state index contributed by atoms with van der Waals surface area (Å²) in [4.78, 5) is 12.0. The minimum Gasteiger partial charge on any atom is -0.508 e. The first-order valence-corrected chi connectivity index (χ1v) is 10.3. The highest BCUT2D eigenvalue weighted by Crippen LogP contribution is 2.33. The van der Waals surface area contributed by atoms with Crippen LogP contribution < -0.4 is 9.47 Å². The molecule has 0 fully saturated rings. The third kappa shape index (κ3) is 6.39. The summed E-state index contributed by atoms with van der Waals surface area (Å²) in [6.07, 6.45) is 6.92. The van der Waals surface area contributed by atoms with Crippen LogP contribution in [0.5, 0.6) is 23.0 Å². The second-order valence-corrected chi connectivity index (χ2v) is 8.07. The van der Waals surface area contributed by atoms with Crippen LogP contribution in [0.25, 0.3) is 12.2 Å². The molecular formula is C21H18I2O6. The molecule has 0 amide bonds. The van der Waals surface area contributed by atoms with Crippen molar-refractivity contribution in [2.24, 2.45) is 0 Å². The third-order valence-electron chi connectivity index (χ3n) is 3.72. The first-order chi connectivity index (χ1) is 13.7. The molecule has 0 unspecified atom stereocenters. The second kappa shape index (κ2) is 10.5. The van der Waals surface area contributed by atoms with E-state index in [0.717, 1.165) is 6.08 Å². The fraction of sp³-hybridized carbons (Fsp3) is 0.0952. The SMILES string of the molecule is COc1cc(/C=C/C(=O)C=C(O)/C=C/c2cc(I)c(O)c(OC)c2)cc(I)c1O. The number of phenolic OH excluding ortho intramolecular Hbond substituents is 2. The Bertz CT molecular complexity index is 1010. The number of aliphatic hydroxyl groups is 1. The van der Waals surface area contributed by atoms with Crippen LogP contribution in [0, 0.1) is 7.14 Å². The Morgan fingerprint density at radius 3 is 1.76 bits per heavy atom. The number of ketones is 1. The monoisotopic (exact) mass is 620 g/mol. The van der Waals surface area contributed by atoms with E-state index < -0.39 is 5.78 Å². The number of carbonyl (C=O) groups is 1. The number of aromatic hydroxyl groups is 2. The van der Waals surface area contributed by atoms with Gasteiger partial charge in [-0.05, 0) is 92.7 Å². The van der Waals surface area contributed by atoms with Gasteiger partial charge < -0.3 is 24.8 Å². The topological polar surface area (TPSA) is 96.2 Å². The lowest BCUT2D eigenvalue weighted by atomic mass is 10.1. The van der Waals surface area contributed by atoms with E-state index in [4.69, 9.17) is 9.47 Å². The Hall–Kier alpha value is -2.21. The average Bonchev–Trinajstić information content (AvgIpc) is 2.69. The fourth-order valence-corrected chi connectivity index (χ4v) is 3.54. The average molecular weight is 620 g/mol. The lowest BCUT2D eigenvalue weighted by molar-refractivity contribution is -0.110. The summed E-state index contributed by atoms with van der Waals surface area (Å²) < 4.78 is 11.4. The number of halogens is 2. The molecule has 0 heterocycles. The molecule has 2 aromatic carbocycles. The molecule has 0 atom stereocenters. The largest absolute Gasteiger partial charge is 0.508 e. The van der Waals surface area contributed by atoms with E-state index in [2.05, 4.69) is 0 Å². The Morgan fingerprint density at radius 1 is 0.862 bits per heavy atom. The number of ether oxygens (including phenoxy) is 2. The van der Waals surface area contributed by atoms with Gasteiger partial charge in [0.1, 0.15) is 5.76 Å². The van der Waals surface area contributed by atoms with Gasteiger partial charge in [0.15, 0.2) is 28.8 Å². The first kappa shape index (κ1) is 23.1. The van der Waals surface area contributed by atoms with Crippen LogP contribution in [0.1, 0.15) is 11.1 Å². The van der Waals surface area contributed by atoms with Crippen LogP contribution in [-0.4, -0.2) is 35.3 Å². The van der Waals surface area contributed by atoms with Gasteiger partial charge in [-0.1, -0.05) is 12.2 Å². The summed E-state index contributed by atoms with van der Waals surface area (Å²) in [6.45, 7) is 0. The Kier molecular flexibility index (Phi) is 8.38. The highest BCUT2D eigenvalue weighted by atomic mass is 127. The van der Waals surface area contributed by atoms with Gasteiger partial charge in [0, 0.05) is 6.08 Å². The van der Waals surface area contributed by atoms with Crippen LogP contribution in [0.3, 0.4) is 0 Å². The molecule has 0 aliphatic rings. The van der Waals surface area contributed by atoms with E-state index >= 15 is 0 Å². The molecule has 29 heavy (non-hydrogen) atoms. The highest BCUT2D eigenvalue weighted by Gasteiger charge is 2.08. The molecule has 0 aliphatic carbocycles. The lowest BCUT2D eigenvalue weighted by Crippen LogP contribution is -1.90. The number of allylic oxidation sites excluding steroid dienone is 3. The maximum absolute atomic E-state index is 12.0. The summed E-state index contributed by atoms with van der Waals surface area (Å²) in [5.41, 5.74) is 1.37. The standard InChI is InChI=1S/C21H18I2O6/c1-28-18-9-12(7-16(22)20(18)26)3-5-14(24)11-15(25)6-4-13-8-17(23)21(27)19(10-13)29-2/h3-11,24,26-27H,1-2H3/b5-3+,6-4+,14-11?. The van der Waals surface area contributed by atoms with Crippen molar-refractivity contribution >= 4 is 63.1 Å². The molecule has 3 N–H and O–H groups in total. The zero-order chi connectivity index (χ0) is 21.6. The number of benzene rings is 2. The third-order valence-corrected chi connectivity index (χ3v) is 5.36. The highest BCUT2D eigenvalue weighted by molar-refractivity contribution is 14.1. The predicted octanol–water partition coefficient (Wildman–Crippen LogP) is 5.06. The van der Waals surface area contributed by atoms with Crippen LogP contribution in [-0.2, 0) is 4.79 Å². The van der Waals surface area contributed by atoms with E-state index in [0.29, 0.717) is 29.8 Å². The van der Waals surface area contributed by atoms with Gasteiger partial charge in [-0.2, -0.15) is 0 Å². The maximum atomic E-state index is 12.0. The molecule has 0 saturated carbocycles. The van der Waals surface area contributed by atoms with Crippen LogP contribution in [0.2, 0.25) is 0 Å². The zero-order valence-electron chi connectivity index (χ0n) is 15.5. The minimum atomic E-state index is -0.410.